The van der Waals surface area contributed by atoms with E-state index < -0.39 is 0 Å². The van der Waals surface area contributed by atoms with Gasteiger partial charge in [-0.15, -0.1) is 0 Å². The van der Waals surface area contributed by atoms with Gasteiger partial charge in [-0.1, -0.05) is 24.6 Å². The molecule has 0 aliphatic heterocycles. The zero-order valence-electron chi connectivity index (χ0n) is 8.42. The van der Waals surface area contributed by atoms with Crippen LogP contribution in [0.1, 0.15) is 18.1 Å². The lowest BCUT2D eigenvalue weighted by Crippen LogP contribution is -2.16. The van der Waals surface area contributed by atoms with Gasteiger partial charge in [0.25, 0.3) is 0 Å². The van der Waals surface area contributed by atoms with Crippen LogP contribution in [0, 0.1) is 11.3 Å². The van der Waals surface area contributed by atoms with E-state index in [4.69, 9.17) is 16.9 Å². The maximum Gasteiger partial charge on any atom is 0.0992 e. The monoisotopic (exact) mass is 208 g/mol. The lowest BCUT2D eigenvalue weighted by molar-refractivity contribution is 0.346. The molecular weight excluding hydrogens is 196 g/mol. The molecule has 0 fully saturated rings. The van der Waals surface area contributed by atoms with Crippen molar-refractivity contribution in [3.63, 3.8) is 0 Å². The Morgan fingerprint density at radius 3 is 2.71 bits per heavy atom. The topological polar surface area (TPSA) is 27.0 Å². The molecule has 1 aromatic carbocycles. The van der Waals surface area contributed by atoms with Crippen LogP contribution in [0.25, 0.3) is 0 Å². The molecule has 0 saturated heterocycles. The summed E-state index contributed by atoms with van der Waals surface area (Å²) in [7, 11) is 2.04. The average molecular weight is 209 g/mol. The van der Waals surface area contributed by atoms with Crippen molar-refractivity contribution < 1.29 is 0 Å². The Morgan fingerprint density at radius 2 is 2.21 bits per heavy atom. The van der Waals surface area contributed by atoms with Crippen molar-refractivity contribution in [2.45, 2.75) is 13.5 Å². The summed E-state index contributed by atoms with van der Waals surface area (Å²) in [6.45, 7) is 3.90. The van der Waals surface area contributed by atoms with Crippen molar-refractivity contribution in [1.82, 2.24) is 4.90 Å². The van der Waals surface area contributed by atoms with Gasteiger partial charge in [0.1, 0.15) is 0 Å². The molecule has 2 nitrogen and oxygen atoms in total. The van der Waals surface area contributed by atoms with E-state index in [9.17, 15) is 0 Å². The molecule has 0 atom stereocenters. The van der Waals surface area contributed by atoms with Gasteiger partial charge in [-0.05, 0) is 31.3 Å². The van der Waals surface area contributed by atoms with E-state index >= 15 is 0 Å². The van der Waals surface area contributed by atoms with Gasteiger partial charge >= 0.3 is 0 Å². The van der Waals surface area contributed by atoms with E-state index in [1.165, 1.54) is 0 Å². The van der Waals surface area contributed by atoms with Gasteiger partial charge in [-0.2, -0.15) is 5.26 Å². The molecule has 14 heavy (non-hydrogen) atoms. The number of nitrogens with zero attached hydrogens (tertiary/aromatic N) is 2. The van der Waals surface area contributed by atoms with Crippen LogP contribution in [0.2, 0.25) is 5.02 Å². The van der Waals surface area contributed by atoms with E-state index in [0.29, 0.717) is 10.6 Å². The third-order valence-corrected chi connectivity index (χ3v) is 2.51. The molecule has 0 bridgehead atoms. The summed E-state index contributed by atoms with van der Waals surface area (Å²) in [4.78, 5) is 2.16. The number of halogens is 1. The van der Waals surface area contributed by atoms with Gasteiger partial charge in [0, 0.05) is 11.6 Å². The van der Waals surface area contributed by atoms with Crippen LogP contribution in [0.3, 0.4) is 0 Å². The van der Waals surface area contributed by atoms with Crippen LogP contribution < -0.4 is 0 Å². The summed E-state index contributed by atoms with van der Waals surface area (Å²) in [6.07, 6.45) is 0. The van der Waals surface area contributed by atoms with Crippen LogP contribution in [0.4, 0.5) is 0 Å². The van der Waals surface area contributed by atoms with E-state index in [-0.39, 0.29) is 0 Å². The van der Waals surface area contributed by atoms with Gasteiger partial charge in [0.2, 0.25) is 0 Å². The molecule has 1 aromatic rings. The van der Waals surface area contributed by atoms with Crippen LogP contribution in [0.15, 0.2) is 18.2 Å². The van der Waals surface area contributed by atoms with Crippen LogP contribution >= 0.6 is 11.6 Å². The number of rotatable bonds is 3. The maximum absolute atomic E-state index is 8.66. The molecule has 0 N–H and O–H groups in total. The summed E-state index contributed by atoms with van der Waals surface area (Å²) in [6, 6.07) is 7.48. The van der Waals surface area contributed by atoms with Gasteiger partial charge < -0.3 is 4.90 Å². The van der Waals surface area contributed by atoms with Crippen molar-refractivity contribution in [2.24, 2.45) is 0 Å². The van der Waals surface area contributed by atoms with Crippen LogP contribution in [-0.4, -0.2) is 18.5 Å². The Balaban J connectivity index is 2.85. The molecule has 0 radical (unpaired) electrons. The zero-order chi connectivity index (χ0) is 10.6. The number of hydrogen-bond donors (Lipinski definition) is 0. The minimum absolute atomic E-state index is 0.609. The Hall–Kier alpha value is -1.04. The van der Waals surface area contributed by atoms with Gasteiger partial charge in [-0.3, -0.25) is 0 Å². The maximum atomic E-state index is 8.66. The highest BCUT2D eigenvalue weighted by molar-refractivity contribution is 6.31. The quantitative estimate of drug-likeness (QED) is 0.764. The van der Waals surface area contributed by atoms with Crippen molar-refractivity contribution in [3.05, 3.63) is 34.3 Å². The minimum Gasteiger partial charge on any atom is -0.302 e. The first kappa shape index (κ1) is 11.0. The molecule has 1 rings (SSSR count). The molecule has 0 aliphatic carbocycles. The van der Waals surface area contributed by atoms with Crippen LogP contribution in [0.5, 0.6) is 0 Å². The first-order valence-corrected chi connectivity index (χ1v) is 4.92. The van der Waals surface area contributed by atoms with Crippen molar-refractivity contribution in [3.8, 4) is 6.07 Å². The highest BCUT2D eigenvalue weighted by Crippen LogP contribution is 2.18. The molecule has 0 saturated carbocycles. The van der Waals surface area contributed by atoms with E-state index in [1.807, 2.05) is 13.1 Å². The molecule has 0 aliphatic rings. The number of nitriles is 1. The predicted octanol–water partition coefficient (Wildman–Crippen LogP) is 2.66. The largest absolute Gasteiger partial charge is 0.302 e. The highest BCUT2D eigenvalue weighted by atomic mass is 35.5. The van der Waals surface area contributed by atoms with E-state index in [1.54, 1.807) is 12.1 Å². The Kier molecular flexibility index (Phi) is 3.94. The first-order valence-electron chi connectivity index (χ1n) is 4.54. The first-order chi connectivity index (χ1) is 6.67. The summed E-state index contributed by atoms with van der Waals surface area (Å²) < 4.78 is 0. The fourth-order valence-electron chi connectivity index (χ4n) is 1.15. The Bertz CT molecular complexity index is 355. The molecule has 74 valence electrons. The highest BCUT2D eigenvalue weighted by Gasteiger charge is 2.03. The fourth-order valence-corrected chi connectivity index (χ4v) is 1.39. The third kappa shape index (κ3) is 2.73. The second kappa shape index (κ2) is 4.99. The Morgan fingerprint density at radius 1 is 1.50 bits per heavy atom. The molecular formula is C11H13ClN2. The SMILES string of the molecule is CCN(C)Cc1ccc(C#N)cc1Cl. The molecule has 0 heterocycles. The summed E-state index contributed by atoms with van der Waals surface area (Å²) >= 11 is 6.03. The standard InChI is InChI=1S/C11H13ClN2/c1-3-14(2)8-10-5-4-9(7-13)6-11(10)12/h4-6H,3,8H2,1-2H3. The summed E-state index contributed by atoms with van der Waals surface area (Å²) in [5.41, 5.74) is 1.67. The van der Waals surface area contributed by atoms with Crippen molar-refractivity contribution in [2.75, 3.05) is 13.6 Å². The lowest BCUT2D eigenvalue weighted by atomic mass is 10.1. The smallest absolute Gasteiger partial charge is 0.0992 e. The number of hydrogen-bond acceptors (Lipinski definition) is 2. The summed E-state index contributed by atoms with van der Waals surface area (Å²) in [5, 5.41) is 9.33. The van der Waals surface area contributed by atoms with Gasteiger partial charge in [0.05, 0.1) is 11.6 Å². The molecule has 0 amide bonds. The second-order valence-corrected chi connectivity index (χ2v) is 3.66. The van der Waals surface area contributed by atoms with Crippen molar-refractivity contribution in [1.29, 1.82) is 5.26 Å². The lowest BCUT2D eigenvalue weighted by Gasteiger charge is -2.14. The Labute approximate surface area is 89.7 Å². The summed E-state index contributed by atoms with van der Waals surface area (Å²) in [5.74, 6) is 0. The van der Waals surface area contributed by atoms with E-state index in [2.05, 4.69) is 17.9 Å². The van der Waals surface area contributed by atoms with Gasteiger partial charge in [-0.25, -0.2) is 0 Å². The molecule has 0 aromatic heterocycles. The second-order valence-electron chi connectivity index (χ2n) is 3.25. The molecule has 0 unspecified atom stereocenters. The number of benzene rings is 1. The van der Waals surface area contributed by atoms with Gasteiger partial charge in [0.15, 0.2) is 0 Å². The minimum atomic E-state index is 0.609. The van der Waals surface area contributed by atoms with E-state index in [0.717, 1.165) is 18.7 Å². The molecule has 3 heteroatoms. The fraction of sp³-hybridized carbons (Fsp3) is 0.364. The normalized spacial score (nSPS) is 10.2. The van der Waals surface area contributed by atoms with Crippen molar-refractivity contribution >= 4 is 11.6 Å². The molecule has 0 spiro atoms. The average Bonchev–Trinajstić information content (AvgIpc) is 2.20. The third-order valence-electron chi connectivity index (χ3n) is 2.16. The zero-order valence-corrected chi connectivity index (χ0v) is 9.17. The van der Waals surface area contributed by atoms with Crippen LogP contribution in [-0.2, 0) is 6.54 Å². The predicted molar refractivity (Wildman–Crippen MR) is 58.2 cm³/mol.